The van der Waals surface area contributed by atoms with Crippen molar-refractivity contribution in [3.05, 3.63) is 0 Å². The Hall–Kier alpha value is -0.650. The van der Waals surface area contributed by atoms with Crippen LogP contribution in [0.15, 0.2) is 0 Å². The normalized spacial score (nSPS) is 24.9. The average molecular weight is 285 g/mol. The third-order valence-electron chi connectivity index (χ3n) is 4.19. The molecule has 2 rings (SSSR count). The van der Waals surface area contributed by atoms with Crippen LogP contribution >= 0.6 is 0 Å². The van der Waals surface area contributed by atoms with Crippen LogP contribution in [0.3, 0.4) is 0 Å². The van der Waals surface area contributed by atoms with Gasteiger partial charge in [0, 0.05) is 26.1 Å². The predicted molar refractivity (Wildman–Crippen MR) is 75.5 cm³/mol. The Kier molecular flexibility index (Phi) is 6.76. The Morgan fingerprint density at radius 3 is 2.70 bits per heavy atom. The van der Waals surface area contributed by atoms with Gasteiger partial charge in [-0.2, -0.15) is 0 Å². The van der Waals surface area contributed by atoms with Crippen molar-refractivity contribution in [1.82, 2.24) is 4.90 Å². The number of aliphatic hydroxyl groups excluding tert-OH is 1. The third kappa shape index (κ3) is 5.04. The molecule has 1 unspecified atom stereocenters. The van der Waals surface area contributed by atoms with Crippen LogP contribution in [-0.2, 0) is 14.3 Å². The highest BCUT2D eigenvalue weighted by Crippen LogP contribution is 2.19. The van der Waals surface area contributed by atoms with Crippen LogP contribution in [0.2, 0.25) is 0 Å². The van der Waals surface area contributed by atoms with Crippen molar-refractivity contribution in [3.63, 3.8) is 0 Å². The molecule has 0 saturated carbocycles. The van der Waals surface area contributed by atoms with E-state index in [0.717, 1.165) is 51.8 Å². The van der Waals surface area contributed by atoms with E-state index in [9.17, 15) is 4.79 Å². The second-order valence-electron chi connectivity index (χ2n) is 5.70. The van der Waals surface area contributed by atoms with Crippen molar-refractivity contribution >= 4 is 5.91 Å². The standard InChI is InChI=1S/C15H27NO4/c17-10-12-20-14-6-8-16(9-7-14)15(18)5-4-13-3-1-2-11-19-13/h13-14,17H,1-12H2. The van der Waals surface area contributed by atoms with Crippen LogP contribution in [-0.4, -0.2) is 61.0 Å². The summed E-state index contributed by atoms with van der Waals surface area (Å²) in [6.07, 6.45) is 7.21. The van der Waals surface area contributed by atoms with Gasteiger partial charge >= 0.3 is 0 Å². The van der Waals surface area contributed by atoms with Gasteiger partial charge in [-0.05, 0) is 38.5 Å². The molecule has 0 aromatic heterocycles. The number of likely N-dealkylation sites (tertiary alicyclic amines) is 1. The summed E-state index contributed by atoms with van der Waals surface area (Å²) < 4.78 is 11.2. The summed E-state index contributed by atoms with van der Waals surface area (Å²) in [5, 5.41) is 8.73. The minimum atomic E-state index is 0.0700. The summed E-state index contributed by atoms with van der Waals surface area (Å²) in [7, 11) is 0. The van der Waals surface area contributed by atoms with Gasteiger partial charge in [0.25, 0.3) is 0 Å². The number of hydrogen-bond donors (Lipinski definition) is 1. The van der Waals surface area contributed by atoms with Crippen molar-refractivity contribution < 1.29 is 19.4 Å². The number of carbonyl (C=O) groups excluding carboxylic acids is 1. The van der Waals surface area contributed by atoms with E-state index in [1.165, 1.54) is 6.42 Å². The zero-order valence-corrected chi connectivity index (χ0v) is 12.3. The van der Waals surface area contributed by atoms with E-state index >= 15 is 0 Å². The number of ether oxygens (including phenoxy) is 2. The maximum Gasteiger partial charge on any atom is 0.222 e. The lowest BCUT2D eigenvalue weighted by atomic mass is 10.0. The van der Waals surface area contributed by atoms with Gasteiger partial charge in [-0.15, -0.1) is 0 Å². The Morgan fingerprint density at radius 1 is 1.25 bits per heavy atom. The molecule has 2 aliphatic rings. The second-order valence-corrected chi connectivity index (χ2v) is 5.70. The lowest BCUT2D eigenvalue weighted by Crippen LogP contribution is -2.41. The van der Waals surface area contributed by atoms with E-state index < -0.39 is 0 Å². The van der Waals surface area contributed by atoms with Crippen molar-refractivity contribution in [1.29, 1.82) is 0 Å². The van der Waals surface area contributed by atoms with Crippen molar-refractivity contribution in [2.45, 2.75) is 57.2 Å². The molecule has 0 aliphatic carbocycles. The summed E-state index contributed by atoms with van der Waals surface area (Å²) in [5.41, 5.74) is 0. The number of hydrogen-bond acceptors (Lipinski definition) is 4. The van der Waals surface area contributed by atoms with Gasteiger partial charge < -0.3 is 19.5 Å². The summed E-state index contributed by atoms with van der Waals surface area (Å²) in [5.74, 6) is 0.250. The number of amides is 1. The third-order valence-corrected chi connectivity index (χ3v) is 4.19. The summed E-state index contributed by atoms with van der Waals surface area (Å²) in [4.78, 5) is 14.1. The van der Waals surface area contributed by atoms with Crippen LogP contribution in [0.4, 0.5) is 0 Å². The molecule has 2 heterocycles. The van der Waals surface area contributed by atoms with E-state index in [2.05, 4.69) is 0 Å². The Balaban J connectivity index is 1.61. The Morgan fingerprint density at radius 2 is 2.05 bits per heavy atom. The highest BCUT2D eigenvalue weighted by Gasteiger charge is 2.24. The van der Waals surface area contributed by atoms with Crippen molar-refractivity contribution in [3.8, 4) is 0 Å². The zero-order chi connectivity index (χ0) is 14.2. The molecule has 1 atom stereocenters. The quantitative estimate of drug-likeness (QED) is 0.800. The fourth-order valence-electron chi connectivity index (χ4n) is 2.97. The van der Waals surface area contributed by atoms with Crippen molar-refractivity contribution in [2.24, 2.45) is 0 Å². The molecule has 2 fully saturated rings. The van der Waals surface area contributed by atoms with E-state index in [1.54, 1.807) is 0 Å². The summed E-state index contributed by atoms with van der Waals surface area (Å²) >= 11 is 0. The molecule has 0 bridgehead atoms. The lowest BCUT2D eigenvalue weighted by Gasteiger charge is -2.32. The van der Waals surface area contributed by atoms with Gasteiger partial charge in [-0.3, -0.25) is 4.79 Å². The fraction of sp³-hybridized carbons (Fsp3) is 0.933. The highest BCUT2D eigenvalue weighted by atomic mass is 16.5. The summed E-state index contributed by atoms with van der Waals surface area (Å²) in [6, 6.07) is 0. The van der Waals surface area contributed by atoms with Gasteiger partial charge in [0.1, 0.15) is 0 Å². The minimum absolute atomic E-state index is 0.0700. The fourth-order valence-corrected chi connectivity index (χ4v) is 2.97. The van der Waals surface area contributed by atoms with Gasteiger partial charge in [0.15, 0.2) is 0 Å². The molecule has 20 heavy (non-hydrogen) atoms. The maximum atomic E-state index is 12.2. The molecular formula is C15H27NO4. The smallest absolute Gasteiger partial charge is 0.222 e. The largest absolute Gasteiger partial charge is 0.394 e. The monoisotopic (exact) mass is 285 g/mol. The zero-order valence-electron chi connectivity index (χ0n) is 12.3. The average Bonchev–Trinajstić information content (AvgIpc) is 2.52. The van der Waals surface area contributed by atoms with Crippen LogP contribution in [0.1, 0.15) is 44.9 Å². The molecule has 0 aromatic carbocycles. The van der Waals surface area contributed by atoms with Gasteiger partial charge in [-0.25, -0.2) is 0 Å². The topological polar surface area (TPSA) is 59.0 Å². The van der Waals surface area contributed by atoms with Crippen LogP contribution < -0.4 is 0 Å². The van der Waals surface area contributed by atoms with E-state index in [4.69, 9.17) is 14.6 Å². The second kappa shape index (κ2) is 8.60. The molecule has 5 nitrogen and oxygen atoms in total. The molecule has 0 aromatic rings. The molecule has 116 valence electrons. The first-order chi connectivity index (χ1) is 9.79. The lowest BCUT2D eigenvalue weighted by molar-refractivity contribution is -0.135. The number of carbonyl (C=O) groups is 1. The molecule has 2 aliphatic heterocycles. The van der Waals surface area contributed by atoms with Gasteiger partial charge in [-0.1, -0.05) is 0 Å². The SMILES string of the molecule is O=C(CCC1CCCCO1)N1CCC(OCCO)CC1. The molecule has 0 radical (unpaired) electrons. The molecular weight excluding hydrogens is 258 g/mol. The molecule has 1 amide bonds. The van der Waals surface area contributed by atoms with E-state index in [1.807, 2.05) is 4.90 Å². The first-order valence-electron chi connectivity index (χ1n) is 7.91. The first-order valence-corrected chi connectivity index (χ1v) is 7.91. The molecule has 5 heteroatoms. The molecule has 0 spiro atoms. The number of rotatable bonds is 6. The first kappa shape index (κ1) is 15.7. The maximum absolute atomic E-state index is 12.2. The summed E-state index contributed by atoms with van der Waals surface area (Å²) in [6.45, 7) is 2.88. The van der Waals surface area contributed by atoms with Crippen LogP contribution in [0, 0.1) is 0 Å². The molecule has 1 N–H and O–H groups in total. The Labute approximate surface area is 121 Å². The van der Waals surface area contributed by atoms with Gasteiger partial charge in [0.05, 0.1) is 25.4 Å². The molecule has 2 saturated heterocycles. The minimum Gasteiger partial charge on any atom is -0.394 e. The van der Waals surface area contributed by atoms with Crippen LogP contribution in [0.5, 0.6) is 0 Å². The predicted octanol–water partition coefficient (Wildman–Crippen LogP) is 1.34. The van der Waals surface area contributed by atoms with Crippen molar-refractivity contribution in [2.75, 3.05) is 32.9 Å². The number of nitrogens with zero attached hydrogens (tertiary/aromatic N) is 1. The van der Waals surface area contributed by atoms with E-state index in [-0.39, 0.29) is 24.7 Å². The van der Waals surface area contributed by atoms with Gasteiger partial charge in [0.2, 0.25) is 5.91 Å². The highest BCUT2D eigenvalue weighted by molar-refractivity contribution is 5.76. The number of aliphatic hydroxyl groups is 1. The Bertz CT molecular complexity index is 284. The van der Waals surface area contributed by atoms with Crippen LogP contribution in [0.25, 0.3) is 0 Å². The number of piperidine rings is 1. The van der Waals surface area contributed by atoms with E-state index in [0.29, 0.717) is 13.0 Å².